The van der Waals surface area contributed by atoms with Gasteiger partial charge in [0.15, 0.2) is 0 Å². The largest absolute Gasteiger partial charge is 0.398 e. The number of nitrogen functional groups attached to an aromatic ring is 1. The smallest absolute Gasteiger partial charge is 0.240 e. The molecule has 0 radical (unpaired) electrons. The highest BCUT2D eigenvalue weighted by Crippen LogP contribution is 2.32. The number of rotatable bonds is 6. The minimum Gasteiger partial charge on any atom is -0.398 e. The molecule has 1 aliphatic rings. The number of ether oxygens (including phenoxy) is 1. The summed E-state index contributed by atoms with van der Waals surface area (Å²) in [6.07, 6.45) is 4.46. The third-order valence-electron chi connectivity index (χ3n) is 4.70. The summed E-state index contributed by atoms with van der Waals surface area (Å²) in [4.78, 5) is 0.243. The Morgan fingerprint density at radius 1 is 1.21 bits per heavy atom. The summed E-state index contributed by atoms with van der Waals surface area (Å²) < 4.78 is 33.4. The number of hydrogen-bond acceptors (Lipinski definition) is 4. The van der Waals surface area contributed by atoms with Crippen molar-refractivity contribution >= 4 is 26.5 Å². The van der Waals surface area contributed by atoms with Crippen LogP contribution in [0.1, 0.15) is 32.6 Å². The van der Waals surface area contributed by atoms with Crippen LogP contribution in [0, 0.1) is 0 Å². The Labute approximate surface area is 143 Å². The molecule has 6 heteroatoms. The van der Waals surface area contributed by atoms with Gasteiger partial charge in [-0.1, -0.05) is 31.0 Å². The van der Waals surface area contributed by atoms with E-state index >= 15 is 0 Å². The van der Waals surface area contributed by atoms with Gasteiger partial charge in [-0.05, 0) is 43.4 Å². The molecule has 3 N–H and O–H groups in total. The second kappa shape index (κ2) is 6.70. The van der Waals surface area contributed by atoms with Crippen LogP contribution in [0.2, 0.25) is 0 Å². The van der Waals surface area contributed by atoms with Gasteiger partial charge >= 0.3 is 0 Å². The van der Waals surface area contributed by atoms with Gasteiger partial charge < -0.3 is 10.5 Å². The third kappa shape index (κ3) is 3.71. The fourth-order valence-electron chi connectivity index (χ4n) is 3.28. The van der Waals surface area contributed by atoms with Gasteiger partial charge in [-0.25, -0.2) is 13.1 Å². The monoisotopic (exact) mass is 348 g/mol. The number of anilines is 1. The second-order valence-corrected chi connectivity index (χ2v) is 8.40. The Morgan fingerprint density at radius 2 is 1.96 bits per heavy atom. The van der Waals surface area contributed by atoms with Gasteiger partial charge in [0.2, 0.25) is 10.0 Å². The third-order valence-corrected chi connectivity index (χ3v) is 6.16. The Bertz CT molecular complexity index is 827. The molecular weight excluding hydrogens is 324 g/mol. The zero-order chi connectivity index (χ0) is 17.2. The van der Waals surface area contributed by atoms with Crippen LogP contribution < -0.4 is 10.5 Å². The van der Waals surface area contributed by atoms with Crippen LogP contribution in [0.5, 0.6) is 0 Å². The molecule has 0 heterocycles. The molecule has 0 amide bonds. The first-order valence-corrected chi connectivity index (χ1v) is 9.80. The van der Waals surface area contributed by atoms with E-state index in [1.807, 2.05) is 12.1 Å². The predicted molar refractivity (Wildman–Crippen MR) is 96.4 cm³/mol. The number of fused-ring (bicyclic) bond motifs is 1. The lowest BCUT2D eigenvalue weighted by molar-refractivity contribution is -0.0228. The van der Waals surface area contributed by atoms with Gasteiger partial charge in [-0.3, -0.25) is 0 Å². The molecule has 0 unspecified atom stereocenters. The van der Waals surface area contributed by atoms with Gasteiger partial charge in [-0.15, -0.1) is 0 Å². The average Bonchev–Trinajstić information content (AvgIpc) is 2.99. The highest BCUT2D eigenvalue weighted by molar-refractivity contribution is 7.89. The van der Waals surface area contributed by atoms with E-state index in [9.17, 15) is 8.42 Å². The van der Waals surface area contributed by atoms with Crippen molar-refractivity contribution in [2.24, 2.45) is 0 Å². The summed E-state index contributed by atoms with van der Waals surface area (Å²) in [7, 11) is -3.55. The number of sulfonamides is 1. The van der Waals surface area contributed by atoms with Crippen LogP contribution in [0.3, 0.4) is 0 Å². The first kappa shape index (κ1) is 17.2. The summed E-state index contributed by atoms with van der Waals surface area (Å²) in [6.45, 7) is 2.76. The van der Waals surface area contributed by atoms with Crippen LogP contribution in [0.25, 0.3) is 10.8 Å². The molecule has 0 aliphatic heterocycles. The van der Waals surface area contributed by atoms with E-state index in [0.29, 0.717) is 12.3 Å². The molecule has 5 nitrogen and oxygen atoms in total. The number of nitrogens with one attached hydrogen (secondary N) is 1. The van der Waals surface area contributed by atoms with Crippen molar-refractivity contribution in [2.45, 2.75) is 43.1 Å². The van der Waals surface area contributed by atoms with E-state index in [1.54, 1.807) is 24.3 Å². The van der Waals surface area contributed by atoms with Crippen molar-refractivity contribution in [3.05, 3.63) is 36.4 Å². The summed E-state index contributed by atoms with van der Waals surface area (Å²) in [5.41, 5.74) is 6.45. The molecule has 0 bridgehead atoms. The fourth-order valence-corrected chi connectivity index (χ4v) is 4.33. The summed E-state index contributed by atoms with van der Waals surface area (Å²) in [5, 5.41) is 1.67. The molecule has 2 aromatic rings. The maximum atomic E-state index is 12.4. The SMILES string of the molecule is CC1(OCCNS(=O)(=O)c2ccc3c(N)cccc3c2)CCCC1. The zero-order valence-electron chi connectivity index (χ0n) is 13.9. The minimum atomic E-state index is -3.55. The molecule has 130 valence electrons. The summed E-state index contributed by atoms with van der Waals surface area (Å²) in [5.74, 6) is 0. The maximum absolute atomic E-state index is 12.4. The lowest BCUT2D eigenvalue weighted by Gasteiger charge is -2.24. The first-order chi connectivity index (χ1) is 11.4. The second-order valence-electron chi connectivity index (χ2n) is 6.63. The molecule has 0 aromatic heterocycles. The Hall–Kier alpha value is -1.63. The molecule has 3 rings (SSSR count). The Morgan fingerprint density at radius 3 is 2.71 bits per heavy atom. The van der Waals surface area contributed by atoms with Gasteiger partial charge in [0.25, 0.3) is 0 Å². The summed E-state index contributed by atoms with van der Waals surface area (Å²) in [6, 6.07) is 10.4. The van der Waals surface area contributed by atoms with E-state index in [2.05, 4.69) is 11.6 Å². The predicted octanol–water partition coefficient (Wildman–Crippen LogP) is 3.05. The van der Waals surface area contributed by atoms with Crippen LogP contribution >= 0.6 is 0 Å². The van der Waals surface area contributed by atoms with Crippen molar-refractivity contribution in [3.8, 4) is 0 Å². The highest BCUT2D eigenvalue weighted by Gasteiger charge is 2.29. The Kier molecular flexibility index (Phi) is 4.80. The van der Waals surface area contributed by atoms with Gasteiger partial charge in [-0.2, -0.15) is 0 Å². The zero-order valence-corrected chi connectivity index (χ0v) is 14.7. The number of hydrogen-bond donors (Lipinski definition) is 2. The number of nitrogens with two attached hydrogens (primary N) is 1. The van der Waals surface area contributed by atoms with Crippen molar-refractivity contribution in [3.63, 3.8) is 0 Å². The van der Waals surface area contributed by atoms with Crippen molar-refractivity contribution < 1.29 is 13.2 Å². The average molecular weight is 348 g/mol. The topological polar surface area (TPSA) is 81.4 Å². The molecule has 1 fully saturated rings. The van der Waals surface area contributed by atoms with Crippen LogP contribution in [0.15, 0.2) is 41.3 Å². The molecular formula is C18H24N2O3S. The lowest BCUT2D eigenvalue weighted by Crippen LogP contribution is -2.32. The van der Waals surface area contributed by atoms with Crippen LogP contribution in [0.4, 0.5) is 5.69 Å². The highest BCUT2D eigenvalue weighted by atomic mass is 32.2. The van der Waals surface area contributed by atoms with Gasteiger partial charge in [0.05, 0.1) is 17.1 Å². The minimum absolute atomic E-state index is 0.0914. The fraction of sp³-hybridized carbons (Fsp3) is 0.444. The van der Waals surface area contributed by atoms with E-state index in [1.165, 1.54) is 12.8 Å². The molecule has 1 saturated carbocycles. The standard InChI is InChI=1S/C18H24N2O3S/c1-18(9-2-3-10-18)23-12-11-20-24(21,22)15-7-8-16-14(13-15)5-4-6-17(16)19/h4-8,13,20H,2-3,9-12,19H2,1H3. The molecule has 1 aliphatic carbocycles. The van der Waals surface area contributed by atoms with Crippen molar-refractivity contribution in [2.75, 3.05) is 18.9 Å². The van der Waals surface area contributed by atoms with E-state index < -0.39 is 10.0 Å². The first-order valence-electron chi connectivity index (χ1n) is 8.32. The quantitative estimate of drug-likeness (QED) is 0.621. The van der Waals surface area contributed by atoms with E-state index in [-0.39, 0.29) is 17.0 Å². The van der Waals surface area contributed by atoms with E-state index in [4.69, 9.17) is 10.5 Å². The number of benzene rings is 2. The lowest BCUT2D eigenvalue weighted by atomic mass is 10.1. The Balaban J connectivity index is 1.64. The van der Waals surface area contributed by atoms with Gasteiger partial charge in [0.1, 0.15) is 0 Å². The normalized spacial score (nSPS) is 17.4. The molecule has 0 spiro atoms. The molecule has 0 saturated heterocycles. The van der Waals surface area contributed by atoms with E-state index in [0.717, 1.165) is 23.6 Å². The molecule has 2 aromatic carbocycles. The molecule has 0 atom stereocenters. The van der Waals surface area contributed by atoms with Gasteiger partial charge in [0, 0.05) is 17.6 Å². The molecule has 24 heavy (non-hydrogen) atoms. The van der Waals surface area contributed by atoms with Crippen LogP contribution in [-0.2, 0) is 14.8 Å². The maximum Gasteiger partial charge on any atom is 0.240 e. The van der Waals surface area contributed by atoms with Crippen molar-refractivity contribution in [1.29, 1.82) is 0 Å². The van der Waals surface area contributed by atoms with Crippen LogP contribution in [-0.4, -0.2) is 27.2 Å². The van der Waals surface area contributed by atoms with Crippen molar-refractivity contribution in [1.82, 2.24) is 4.72 Å². The summed E-state index contributed by atoms with van der Waals surface area (Å²) >= 11 is 0.